The van der Waals surface area contributed by atoms with Crippen LogP contribution in [0.1, 0.15) is 23.4 Å². The maximum atomic E-state index is 12.6. The number of aryl methyl sites for hydroxylation is 1. The number of sulfonamides is 1. The first kappa shape index (κ1) is 15.9. The zero-order valence-electron chi connectivity index (χ0n) is 12.7. The van der Waals surface area contributed by atoms with E-state index in [4.69, 9.17) is 0 Å². The second kappa shape index (κ2) is 6.66. The Morgan fingerprint density at radius 3 is 2.74 bits per heavy atom. The Labute approximate surface area is 135 Å². The Balaban J connectivity index is 1.81. The number of benzene rings is 1. The van der Waals surface area contributed by atoms with Gasteiger partial charge in [-0.3, -0.25) is 4.68 Å². The largest absolute Gasteiger partial charge is 0.390 e. The highest BCUT2D eigenvalue weighted by atomic mass is 32.2. The standard InChI is InChI=1S/C16H19N3O3S/c20-13-15-11-16-12-18(8-4-9-19(16)17-15)23(21,22)10-7-14-5-2-1-3-6-14/h1-3,5-7,10-11,20H,4,8-9,12-13H2. The maximum Gasteiger partial charge on any atom is 0.236 e. The van der Waals surface area contributed by atoms with E-state index in [1.165, 1.54) is 9.71 Å². The third-order valence-electron chi connectivity index (χ3n) is 3.78. The van der Waals surface area contributed by atoms with Crippen LogP contribution in [-0.4, -0.2) is 34.2 Å². The topological polar surface area (TPSA) is 75.4 Å². The van der Waals surface area contributed by atoms with Gasteiger partial charge in [-0.15, -0.1) is 0 Å². The van der Waals surface area contributed by atoms with Crippen molar-refractivity contribution in [2.75, 3.05) is 6.54 Å². The summed E-state index contributed by atoms with van der Waals surface area (Å²) in [7, 11) is -3.50. The van der Waals surface area contributed by atoms with Gasteiger partial charge in [-0.2, -0.15) is 9.40 Å². The zero-order chi connectivity index (χ0) is 16.3. The van der Waals surface area contributed by atoms with Crippen LogP contribution in [0.15, 0.2) is 41.8 Å². The van der Waals surface area contributed by atoms with E-state index in [0.717, 1.165) is 11.3 Å². The molecule has 0 bridgehead atoms. The normalized spacial score (nSPS) is 16.4. The molecule has 1 aromatic heterocycles. The molecule has 122 valence electrons. The van der Waals surface area contributed by atoms with E-state index >= 15 is 0 Å². The third kappa shape index (κ3) is 3.69. The van der Waals surface area contributed by atoms with Crippen LogP contribution in [0.25, 0.3) is 6.08 Å². The van der Waals surface area contributed by atoms with Gasteiger partial charge < -0.3 is 5.11 Å². The number of nitrogens with zero attached hydrogens (tertiary/aromatic N) is 3. The number of hydrogen-bond donors (Lipinski definition) is 1. The molecule has 2 aromatic rings. The quantitative estimate of drug-likeness (QED) is 0.922. The summed E-state index contributed by atoms with van der Waals surface area (Å²) in [6.45, 7) is 1.25. The summed E-state index contributed by atoms with van der Waals surface area (Å²) >= 11 is 0. The van der Waals surface area contributed by atoms with E-state index in [1.54, 1.807) is 16.8 Å². The molecule has 1 aromatic carbocycles. The summed E-state index contributed by atoms with van der Waals surface area (Å²) in [5, 5.41) is 14.7. The molecule has 0 spiro atoms. The molecule has 0 radical (unpaired) electrons. The molecule has 0 unspecified atom stereocenters. The Hall–Kier alpha value is -1.96. The molecule has 0 saturated heterocycles. The van der Waals surface area contributed by atoms with Crippen molar-refractivity contribution in [3.63, 3.8) is 0 Å². The summed E-state index contributed by atoms with van der Waals surface area (Å²) in [5.41, 5.74) is 2.22. The highest BCUT2D eigenvalue weighted by molar-refractivity contribution is 7.92. The Morgan fingerprint density at radius 1 is 1.22 bits per heavy atom. The van der Waals surface area contributed by atoms with Gasteiger partial charge in [-0.25, -0.2) is 8.42 Å². The fourth-order valence-corrected chi connectivity index (χ4v) is 3.80. The molecule has 1 aliphatic heterocycles. The van der Waals surface area contributed by atoms with E-state index in [-0.39, 0.29) is 13.2 Å². The van der Waals surface area contributed by atoms with Gasteiger partial charge in [0.1, 0.15) is 0 Å². The summed E-state index contributed by atoms with van der Waals surface area (Å²) < 4.78 is 28.3. The predicted molar refractivity (Wildman–Crippen MR) is 87.6 cm³/mol. The van der Waals surface area contributed by atoms with Crippen molar-refractivity contribution >= 4 is 16.1 Å². The Bertz CT molecular complexity index is 797. The van der Waals surface area contributed by atoms with E-state index in [1.807, 2.05) is 30.3 Å². The molecule has 1 N–H and O–H groups in total. The smallest absolute Gasteiger partial charge is 0.236 e. The molecule has 6 nitrogen and oxygen atoms in total. The minimum absolute atomic E-state index is 0.138. The van der Waals surface area contributed by atoms with E-state index in [2.05, 4.69) is 5.10 Å². The number of aromatic nitrogens is 2. The van der Waals surface area contributed by atoms with Crippen molar-refractivity contribution in [3.05, 3.63) is 58.8 Å². The van der Waals surface area contributed by atoms with Gasteiger partial charge in [-0.05, 0) is 24.1 Å². The van der Waals surface area contributed by atoms with Gasteiger partial charge in [0, 0.05) is 18.5 Å². The van der Waals surface area contributed by atoms with Gasteiger partial charge in [0.15, 0.2) is 0 Å². The molecular weight excluding hydrogens is 314 g/mol. The monoisotopic (exact) mass is 333 g/mol. The average molecular weight is 333 g/mol. The van der Waals surface area contributed by atoms with Crippen molar-refractivity contribution in [1.82, 2.24) is 14.1 Å². The first-order valence-electron chi connectivity index (χ1n) is 7.48. The lowest BCUT2D eigenvalue weighted by molar-refractivity contribution is 0.275. The lowest BCUT2D eigenvalue weighted by atomic mass is 10.2. The number of aliphatic hydroxyl groups excluding tert-OH is 1. The zero-order valence-corrected chi connectivity index (χ0v) is 13.5. The second-order valence-electron chi connectivity index (χ2n) is 5.45. The molecular formula is C16H19N3O3S. The van der Waals surface area contributed by atoms with Crippen molar-refractivity contribution in [3.8, 4) is 0 Å². The molecule has 7 heteroatoms. The predicted octanol–water partition coefficient (Wildman–Crippen LogP) is 1.58. The molecule has 2 heterocycles. The number of aliphatic hydroxyl groups is 1. The average Bonchev–Trinajstić information content (AvgIpc) is 2.84. The van der Waals surface area contributed by atoms with Crippen LogP contribution in [0.2, 0.25) is 0 Å². The van der Waals surface area contributed by atoms with E-state index in [9.17, 15) is 13.5 Å². The Kier molecular flexibility index (Phi) is 4.61. The van der Waals surface area contributed by atoms with Crippen LogP contribution >= 0.6 is 0 Å². The molecule has 0 saturated carbocycles. The van der Waals surface area contributed by atoms with Crippen LogP contribution in [0.4, 0.5) is 0 Å². The molecule has 3 rings (SSSR count). The highest BCUT2D eigenvalue weighted by Crippen LogP contribution is 2.18. The van der Waals surface area contributed by atoms with Gasteiger partial charge in [0.05, 0.1) is 24.5 Å². The molecule has 0 fully saturated rings. The van der Waals surface area contributed by atoms with E-state index < -0.39 is 10.0 Å². The molecule has 0 aliphatic carbocycles. The first-order valence-corrected chi connectivity index (χ1v) is 8.98. The second-order valence-corrected chi connectivity index (χ2v) is 7.27. The summed E-state index contributed by atoms with van der Waals surface area (Å²) in [6.07, 6.45) is 2.30. The van der Waals surface area contributed by atoms with Crippen LogP contribution in [-0.2, 0) is 29.7 Å². The van der Waals surface area contributed by atoms with Crippen LogP contribution in [0.3, 0.4) is 0 Å². The van der Waals surface area contributed by atoms with Crippen LogP contribution in [0, 0.1) is 0 Å². The Morgan fingerprint density at radius 2 is 2.00 bits per heavy atom. The van der Waals surface area contributed by atoms with Crippen LogP contribution in [0.5, 0.6) is 0 Å². The maximum absolute atomic E-state index is 12.6. The van der Waals surface area contributed by atoms with Crippen molar-refractivity contribution in [2.24, 2.45) is 0 Å². The summed E-state index contributed by atoms with van der Waals surface area (Å²) in [4.78, 5) is 0. The van der Waals surface area contributed by atoms with Crippen molar-refractivity contribution in [1.29, 1.82) is 0 Å². The SMILES string of the molecule is O=S(=O)(C=Cc1ccccc1)N1CCCn2nc(CO)cc2C1. The third-order valence-corrected chi connectivity index (χ3v) is 5.30. The van der Waals surface area contributed by atoms with Crippen molar-refractivity contribution < 1.29 is 13.5 Å². The van der Waals surface area contributed by atoms with Crippen molar-refractivity contribution in [2.45, 2.75) is 26.1 Å². The lowest BCUT2D eigenvalue weighted by Gasteiger charge is -2.17. The van der Waals surface area contributed by atoms with Gasteiger partial charge >= 0.3 is 0 Å². The molecule has 1 aliphatic rings. The summed E-state index contributed by atoms with van der Waals surface area (Å²) in [6, 6.07) is 11.1. The fraction of sp³-hybridized carbons (Fsp3) is 0.312. The molecule has 23 heavy (non-hydrogen) atoms. The first-order chi connectivity index (χ1) is 11.1. The minimum atomic E-state index is -3.50. The van der Waals surface area contributed by atoms with Gasteiger partial charge in [0.2, 0.25) is 10.0 Å². The fourth-order valence-electron chi connectivity index (χ4n) is 2.60. The summed E-state index contributed by atoms with van der Waals surface area (Å²) in [5.74, 6) is 0. The lowest BCUT2D eigenvalue weighted by Crippen LogP contribution is -2.29. The van der Waals surface area contributed by atoms with E-state index in [0.29, 0.717) is 25.2 Å². The van der Waals surface area contributed by atoms with Gasteiger partial charge in [0.25, 0.3) is 0 Å². The molecule has 0 amide bonds. The molecule has 0 atom stereocenters. The minimum Gasteiger partial charge on any atom is -0.390 e. The van der Waals surface area contributed by atoms with Gasteiger partial charge in [-0.1, -0.05) is 30.3 Å². The van der Waals surface area contributed by atoms with Crippen LogP contribution < -0.4 is 0 Å². The number of hydrogen-bond acceptors (Lipinski definition) is 4. The highest BCUT2D eigenvalue weighted by Gasteiger charge is 2.24. The number of rotatable bonds is 4. The number of fused-ring (bicyclic) bond motifs is 1.